The minimum atomic E-state index is 0.364. The van der Waals surface area contributed by atoms with Crippen molar-refractivity contribution >= 4 is 0 Å². The minimum Gasteiger partial charge on any atom is -0.457 e. The topological polar surface area (TPSA) is 21.3 Å². The number of rotatable bonds is 3. The lowest BCUT2D eigenvalue weighted by Crippen LogP contribution is -2.29. The summed E-state index contributed by atoms with van der Waals surface area (Å²) in [5.41, 5.74) is 2.55. The zero-order valence-electron chi connectivity index (χ0n) is 11.4. The molecule has 2 aromatic rings. The predicted molar refractivity (Wildman–Crippen MR) is 77.9 cm³/mol. The number of benzene rings is 2. The van der Waals surface area contributed by atoms with E-state index in [9.17, 15) is 0 Å². The van der Waals surface area contributed by atoms with Crippen LogP contribution in [-0.2, 0) is 0 Å². The van der Waals surface area contributed by atoms with E-state index in [0.29, 0.717) is 12.0 Å². The van der Waals surface area contributed by atoms with E-state index < -0.39 is 0 Å². The van der Waals surface area contributed by atoms with Gasteiger partial charge in [-0.1, -0.05) is 50.2 Å². The van der Waals surface area contributed by atoms with Crippen LogP contribution in [0.1, 0.15) is 30.9 Å². The van der Waals surface area contributed by atoms with E-state index in [0.717, 1.165) is 18.0 Å². The van der Waals surface area contributed by atoms with E-state index >= 15 is 0 Å². The molecule has 0 aromatic heterocycles. The molecular formula is C17H19NO. The van der Waals surface area contributed by atoms with Crippen molar-refractivity contribution in [3.8, 4) is 11.5 Å². The van der Waals surface area contributed by atoms with Crippen LogP contribution in [0.4, 0.5) is 0 Å². The van der Waals surface area contributed by atoms with Gasteiger partial charge in [0.25, 0.3) is 0 Å². The van der Waals surface area contributed by atoms with Crippen LogP contribution < -0.4 is 10.1 Å². The first-order valence-corrected chi connectivity index (χ1v) is 6.85. The Hall–Kier alpha value is -1.80. The lowest BCUT2D eigenvalue weighted by Gasteiger charge is -2.29. The van der Waals surface area contributed by atoms with Crippen LogP contribution in [0.5, 0.6) is 11.5 Å². The molecule has 0 fully saturated rings. The van der Waals surface area contributed by atoms with Gasteiger partial charge in [-0.25, -0.2) is 0 Å². The molecule has 0 aliphatic carbocycles. The Balaban J connectivity index is 2.01. The molecule has 2 aromatic carbocycles. The van der Waals surface area contributed by atoms with Crippen LogP contribution in [0, 0.1) is 0 Å². The summed E-state index contributed by atoms with van der Waals surface area (Å²) in [6.07, 6.45) is 0. The van der Waals surface area contributed by atoms with Crippen LogP contribution in [-0.4, -0.2) is 12.6 Å². The zero-order chi connectivity index (χ0) is 13.2. The molecule has 0 atom stereocenters. The average molecular weight is 253 g/mol. The molecule has 3 rings (SSSR count). The largest absolute Gasteiger partial charge is 0.457 e. The maximum atomic E-state index is 5.99. The number of fused-ring (bicyclic) bond motifs is 2. The van der Waals surface area contributed by atoms with E-state index in [-0.39, 0.29) is 0 Å². The van der Waals surface area contributed by atoms with E-state index in [1.165, 1.54) is 11.1 Å². The second-order valence-electron chi connectivity index (χ2n) is 5.29. The third-order valence-corrected chi connectivity index (χ3v) is 3.54. The van der Waals surface area contributed by atoms with E-state index in [1.807, 2.05) is 24.3 Å². The van der Waals surface area contributed by atoms with Crippen molar-refractivity contribution in [3.05, 3.63) is 59.7 Å². The second-order valence-corrected chi connectivity index (χ2v) is 5.29. The zero-order valence-corrected chi connectivity index (χ0v) is 11.4. The molecule has 1 aliphatic heterocycles. The van der Waals surface area contributed by atoms with E-state index in [4.69, 9.17) is 4.74 Å². The summed E-state index contributed by atoms with van der Waals surface area (Å²) in [4.78, 5) is 0. The van der Waals surface area contributed by atoms with Gasteiger partial charge in [-0.05, 0) is 12.1 Å². The van der Waals surface area contributed by atoms with Crippen molar-refractivity contribution in [2.24, 2.45) is 0 Å². The monoisotopic (exact) mass is 253 g/mol. The van der Waals surface area contributed by atoms with E-state index in [1.54, 1.807) is 0 Å². The number of hydrogen-bond acceptors (Lipinski definition) is 2. The Morgan fingerprint density at radius 1 is 0.947 bits per heavy atom. The smallest absolute Gasteiger partial charge is 0.131 e. The van der Waals surface area contributed by atoms with Crippen molar-refractivity contribution in [2.75, 3.05) is 6.54 Å². The molecular weight excluding hydrogens is 234 g/mol. The quantitative estimate of drug-likeness (QED) is 0.895. The SMILES string of the molecule is CC(C)NCC1c2ccccc2Oc2ccccc21. The summed E-state index contributed by atoms with van der Waals surface area (Å²) in [5, 5.41) is 3.54. The Bertz CT molecular complexity index is 531. The van der Waals surface area contributed by atoms with Gasteiger partial charge in [-0.3, -0.25) is 0 Å². The molecule has 2 nitrogen and oxygen atoms in total. The van der Waals surface area contributed by atoms with Crippen molar-refractivity contribution in [3.63, 3.8) is 0 Å². The third kappa shape index (κ3) is 2.36. The fourth-order valence-corrected chi connectivity index (χ4v) is 2.58. The molecule has 1 N–H and O–H groups in total. The molecule has 1 aliphatic rings. The standard InChI is InChI=1S/C17H19NO/c1-12(2)18-11-15-13-7-3-5-9-16(13)19-17-10-6-4-8-14(15)17/h3-10,12,15,18H,11H2,1-2H3. The third-order valence-electron chi connectivity index (χ3n) is 3.54. The summed E-state index contributed by atoms with van der Waals surface area (Å²) in [6, 6.07) is 17.1. The summed E-state index contributed by atoms with van der Waals surface area (Å²) in [7, 11) is 0. The van der Waals surface area contributed by atoms with Gasteiger partial charge in [-0.15, -0.1) is 0 Å². The molecule has 19 heavy (non-hydrogen) atoms. The van der Waals surface area contributed by atoms with Gasteiger partial charge in [0.05, 0.1) is 0 Å². The normalized spacial score (nSPS) is 13.8. The predicted octanol–water partition coefficient (Wildman–Crippen LogP) is 3.92. The van der Waals surface area contributed by atoms with Gasteiger partial charge in [0, 0.05) is 29.6 Å². The van der Waals surface area contributed by atoms with Gasteiger partial charge in [0.2, 0.25) is 0 Å². The average Bonchev–Trinajstić information content (AvgIpc) is 2.43. The summed E-state index contributed by atoms with van der Waals surface area (Å²) in [5.74, 6) is 2.33. The van der Waals surface area contributed by atoms with Crippen molar-refractivity contribution in [1.29, 1.82) is 0 Å². The molecule has 98 valence electrons. The first kappa shape index (κ1) is 12.2. The lowest BCUT2D eigenvalue weighted by atomic mass is 9.88. The summed E-state index contributed by atoms with van der Waals surface area (Å²) >= 11 is 0. The van der Waals surface area contributed by atoms with Gasteiger partial charge >= 0.3 is 0 Å². The molecule has 0 amide bonds. The molecule has 0 unspecified atom stereocenters. The number of hydrogen-bond donors (Lipinski definition) is 1. The van der Waals surface area contributed by atoms with Crippen LogP contribution in [0.3, 0.4) is 0 Å². The van der Waals surface area contributed by atoms with Gasteiger partial charge < -0.3 is 10.1 Å². The molecule has 0 bridgehead atoms. The highest BCUT2D eigenvalue weighted by molar-refractivity contribution is 5.53. The Labute approximate surface area is 114 Å². The highest BCUT2D eigenvalue weighted by Gasteiger charge is 2.26. The Morgan fingerprint density at radius 3 is 2.00 bits per heavy atom. The molecule has 0 saturated carbocycles. The fraction of sp³-hybridized carbons (Fsp3) is 0.294. The van der Waals surface area contributed by atoms with Crippen molar-refractivity contribution < 1.29 is 4.74 Å². The maximum absolute atomic E-state index is 5.99. The van der Waals surface area contributed by atoms with Crippen LogP contribution >= 0.6 is 0 Å². The highest BCUT2D eigenvalue weighted by atomic mass is 16.5. The van der Waals surface area contributed by atoms with E-state index in [2.05, 4.69) is 43.4 Å². The molecule has 0 radical (unpaired) electrons. The Kier molecular flexibility index (Phi) is 3.26. The van der Waals surface area contributed by atoms with Gasteiger partial charge in [-0.2, -0.15) is 0 Å². The molecule has 1 heterocycles. The van der Waals surface area contributed by atoms with Gasteiger partial charge in [0.15, 0.2) is 0 Å². The Morgan fingerprint density at radius 2 is 1.47 bits per heavy atom. The summed E-state index contributed by atoms with van der Waals surface area (Å²) in [6.45, 7) is 5.29. The van der Waals surface area contributed by atoms with Crippen LogP contribution in [0.25, 0.3) is 0 Å². The van der Waals surface area contributed by atoms with Crippen LogP contribution in [0.15, 0.2) is 48.5 Å². The van der Waals surface area contributed by atoms with Crippen LogP contribution in [0.2, 0.25) is 0 Å². The first-order chi connectivity index (χ1) is 9.25. The summed E-state index contributed by atoms with van der Waals surface area (Å²) < 4.78 is 5.99. The fourth-order valence-electron chi connectivity index (χ4n) is 2.58. The van der Waals surface area contributed by atoms with Gasteiger partial charge in [0.1, 0.15) is 11.5 Å². The lowest BCUT2D eigenvalue weighted by molar-refractivity contribution is 0.435. The number of para-hydroxylation sites is 2. The van der Waals surface area contributed by atoms with Crippen molar-refractivity contribution in [2.45, 2.75) is 25.8 Å². The van der Waals surface area contributed by atoms with Crippen molar-refractivity contribution in [1.82, 2.24) is 5.32 Å². The number of nitrogens with one attached hydrogen (secondary N) is 1. The highest BCUT2D eigenvalue weighted by Crippen LogP contribution is 2.43. The molecule has 0 saturated heterocycles. The minimum absolute atomic E-state index is 0.364. The first-order valence-electron chi connectivity index (χ1n) is 6.85. The number of ether oxygens (including phenoxy) is 1. The molecule has 2 heteroatoms. The maximum Gasteiger partial charge on any atom is 0.131 e. The molecule has 0 spiro atoms. The second kappa shape index (κ2) is 5.06.